The molecule has 0 aliphatic carbocycles. The summed E-state index contributed by atoms with van der Waals surface area (Å²) >= 11 is 0. The van der Waals surface area contributed by atoms with Gasteiger partial charge in [0.2, 0.25) is 0 Å². The number of hydrogen-bond donors (Lipinski definition) is 0. The summed E-state index contributed by atoms with van der Waals surface area (Å²) in [5.74, 6) is 0. The van der Waals surface area contributed by atoms with Gasteiger partial charge in [-0.1, -0.05) is 5.18 Å². The molecule has 0 aliphatic heterocycles. The van der Waals surface area contributed by atoms with Crippen molar-refractivity contribution in [2.75, 3.05) is 0 Å². The summed E-state index contributed by atoms with van der Waals surface area (Å²) < 4.78 is 0. The highest BCUT2D eigenvalue weighted by atomic mass is 16.3. The minimum Gasteiger partial charge on any atom is -0.198 e. The summed E-state index contributed by atoms with van der Waals surface area (Å²) in [5.41, 5.74) is -1.49. The minimum absolute atomic E-state index is 0.686. The number of nitroso groups, excluding NO2 is 1. The molecule has 0 radical (unpaired) electrons. The van der Waals surface area contributed by atoms with E-state index in [-0.39, 0.29) is 0 Å². The fourth-order valence-electron chi connectivity index (χ4n) is 0.251. The highest BCUT2D eigenvalue weighted by Gasteiger charge is 2.38. The Labute approximate surface area is 61.0 Å². The first-order valence-corrected chi connectivity index (χ1v) is 3.13. The predicted octanol–water partition coefficient (Wildman–Crippen LogP) is 2.08. The van der Waals surface area contributed by atoms with Crippen molar-refractivity contribution in [1.82, 2.24) is 0 Å². The van der Waals surface area contributed by atoms with Crippen molar-refractivity contribution in [3.05, 3.63) is 4.91 Å². The van der Waals surface area contributed by atoms with Crippen molar-refractivity contribution in [2.45, 2.75) is 33.2 Å². The van der Waals surface area contributed by atoms with Crippen LogP contribution in [0.5, 0.6) is 0 Å². The molecular formula is C7H12N2O. The molecule has 3 heteroatoms. The van der Waals surface area contributed by atoms with Gasteiger partial charge in [-0.15, -0.1) is 0 Å². The van der Waals surface area contributed by atoms with Crippen LogP contribution < -0.4 is 0 Å². The van der Waals surface area contributed by atoms with E-state index in [4.69, 9.17) is 5.26 Å². The standard InChI is InChI=1S/C7H12N2O/c1-6(2,5-8)7(3,4)9-10/h1-4H3. The second-order valence-corrected chi connectivity index (χ2v) is 3.39. The maximum absolute atomic E-state index is 10.2. The van der Waals surface area contributed by atoms with E-state index in [1.54, 1.807) is 27.7 Å². The largest absolute Gasteiger partial charge is 0.198 e. The van der Waals surface area contributed by atoms with Gasteiger partial charge < -0.3 is 0 Å². The number of nitriles is 1. The SMILES string of the molecule is CC(C)(C#N)C(C)(C)N=O. The lowest BCUT2D eigenvalue weighted by Gasteiger charge is -2.28. The Hall–Kier alpha value is -0.910. The Morgan fingerprint density at radius 2 is 1.70 bits per heavy atom. The fourth-order valence-corrected chi connectivity index (χ4v) is 0.251. The Morgan fingerprint density at radius 1 is 1.30 bits per heavy atom. The van der Waals surface area contributed by atoms with E-state index >= 15 is 0 Å². The molecule has 0 aliphatic rings. The molecular weight excluding hydrogens is 128 g/mol. The molecule has 0 aromatic heterocycles. The minimum atomic E-state index is -0.804. The van der Waals surface area contributed by atoms with Crippen LogP contribution in [0.2, 0.25) is 0 Å². The molecule has 3 nitrogen and oxygen atoms in total. The zero-order chi connectivity index (χ0) is 8.41. The van der Waals surface area contributed by atoms with E-state index in [9.17, 15) is 4.91 Å². The Balaban J connectivity index is 4.65. The molecule has 0 rings (SSSR count). The lowest BCUT2D eigenvalue weighted by molar-refractivity contribution is 0.282. The summed E-state index contributed by atoms with van der Waals surface area (Å²) in [5, 5.41) is 11.5. The molecule has 0 saturated heterocycles. The van der Waals surface area contributed by atoms with Gasteiger partial charge >= 0.3 is 0 Å². The van der Waals surface area contributed by atoms with Gasteiger partial charge in [-0.05, 0) is 27.7 Å². The van der Waals surface area contributed by atoms with Crippen LogP contribution in [0.15, 0.2) is 5.18 Å². The van der Waals surface area contributed by atoms with E-state index in [0.717, 1.165) is 0 Å². The third-order valence-electron chi connectivity index (χ3n) is 2.04. The number of nitrogens with zero attached hydrogens (tertiary/aromatic N) is 2. The predicted molar refractivity (Wildman–Crippen MR) is 39.3 cm³/mol. The van der Waals surface area contributed by atoms with Crippen LogP contribution in [0.25, 0.3) is 0 Å². The maximum Gasteiger partial charge on any atom is 0.115 e. The van der Waals surface area contributed by atoms with Crippen LogP contribution in [-0.4, -0.2) is 5.54 Å². The van der Waals surface area contributed by atoms with E-state index in [1.807, 2.05) is 6.07 Å². The van der Waals surface area contributed by atoms with Crippen molar-refractivity contribution in [2.24, 2.45) is 10.6 Å². The molecule has 0 N–H and O–H groups in total. The van der Waals surface area contributed by atoms with Crippen LogP contribution in [0.1, 0.15) is 27.7 Å². The van der Waals surface area contributed by atoms with E-state index in [0.29, 0.717) is 0 Å². The molecule has 56 valence electrons. The first-order valence-electron chi connectivity index (χ1n) is 3.13. The third kappa shape index (κ3) is 1.32. The smallest absolute Gasteiger partial charge is 0.115 e. The van der Waals surface area contributed by atoms with Crippen molar-refractivity contribution in [3.63, 3.8) is 0 Å². The van der Waals surface area contributed by atoms with Gasteiger partial charge in [0.05, 0.1) is 11.5 Å². The monoisotopic (exact) mass is 140 g/mol. The zero-order valence-corrected chi connectivity index (χ0v) is 6.80. The average molecular weight is 140 g/mol. The summed E-state index contributed by atoms with van der Waals surface area (Å²) in [6.07, 6.45) is 0. The molecule has 10 heavy (non-hydrogen) atoms. The van der Waals surface area contributed by atoms with Crippen LogP contribution in [0, 0.1) is 21.7 Å². The highest BCUT2D eigenvalue weighted by molar-refractivity contribution is 5.06. The number of hydrogen-bond acceptors (Lipinski definition) is 3. The summed E-state index contributed by atoms with van der Waals surface area (Å²) in [7, 11) is 0. The Morgan fingerprint density at radius 3 is 1.80 bits per heavy atom. The first kappa shape index (κ1) is 9.09. The van der Waals surface area contributed by atoms with Crippen molar-refractivity contribution >= 4 is 0 Å². The molecule has 0 spiro atoms. The first-order chi connectivity index (χ1) is 4.37. The highest BCUT2D eigenvalue weighted by Crippen LogP contribution is 2.32. The van der Waals surface area contributed by atoms with Crippen LogP contribution in [-0.2, 0) is 0 Å². The second kappa shape index (κ2) is 2.37. The van der Waals surface area contributed by atoms with Crippen molar-refractivity contribution in [3.8, 4) is 6.07 Å². The summed E-state index contributed by atoms with van der Waals surface area (Å²) in [6, 6.07) is 2.04. The van der Waals surface area contributed by atoms with Gasteiger partial charge in [-0.3, -0.25) is 0 Å². The second-order valence-electron chi connectivity index (χ2n) is 3.39. The number of rotatable bonds is 2. The lowest BCUT2D eigenvalue weighted by atomic mass is 9.77. The molecule has 0 aromatic rings. The summed E-state index contributed by atoms with van der Waals surface area (Å²) in [4.78, 5) is 10.2. The molecule has 0 fully saturated rings. The molecule has 0 unspecified atom stereocenters. The molecule has 0 amide bonds. The Bertz CT molecular complexity index is 177. The average Bonchev–Trinajstić information content (AvgIpc) is 1.88. The van der Waals surface area contributed by atoms with E-state index < -0.39 is 11.0 Å². The zero-order valence-electron chi connectivity index (χ0n) is 6.80. The normalized spacial score (nSPS) is 12.3. The van der Waals surface area contributed by atoms with Gasteiger partial charge in [0.25, 0.3) is 0 Å². The molecule has 0 aromatic carbocycles. The summed E-state index contributed by atoms with van der Waals surface area (Å²) in [6.45, 7) is 6.72. The van der Waals surface area contributed by atoms with Gasteiger partial charge in [-0.2, -0.15) is 10.2 Å². The fraction of sp³-hybridized carbons (Fsp3) is 0.857. The maximum atomic E-state index is 10.2. The van der Waals surface area contributed by atoms with Crippen LogP contribution in [0.3, 0.4) is 0 Å². The van der Waals surface area contributed by atoms with E-state index in [2.05, 4.69) is 5.18 Å². The van der Waals surface area contributed by atoms with Gasteiger partial charge in [0, 0.05) is 0 Å². The molecule has 0 heterocycles. The van der Waals surface area contributed by atoms with Gasteiger partial charge in [0.1, 0.15) is 5.54 Å². The van der Waals surface area contributed by atoms with E-state index in [1.165, 1.54) is 0 Å². The van der Waals surface area contributed by atoms with Crippen LogP contribution >= 0.6 is 0 Å². The molecule has 0 atom stereocenters. The van der Waals surface area contributed by atoms with Crippen molar-refractivity contribution < 1.29 is 0 Å². The Kier molecular flexibility index (Phi) is 2.16. The van der Waals surface area contributed by atoms with Crippen molar-refractivity contribution in [1.29, 1.82) is 5.26 Å². The topological polar surface area (TPSA) is 53.2 Å². The molecule has 0 saturated carbocycles. The van der Waals surface area contributed by atoms with Crippen LogP contribution in [0.4, 0.5) is 0 Å². The lowest BCUT2D eigenvalue weighted by Crippen LogP contribution is -2.35. The quantitative estimate of drug-likeness (QED) is 0.551. The molecule has 0 bridgehead atoms. The van der Waals surface area contributed by atoms with Gasteiger partial charge in [-0.25, -0.2) is 0 Å². The van der Waals surface area contributed by atoms with Gasteiger partial charge in [0.15, 0.2) is 0 Å². The third-order valence-corrected chi connectivity index (χ3v) is 2.04.